The smallest absolute Gasteiger partial charge is 0.233 e. The molecule has 0 heterocycles. The molecule has 124 valence electrons. The van der Waals surface area contributed by atoms with E-state index in [9.17, 15) is 23.2 Å². The molecule has 2 aromatic carbocycles. The summed E-state index contributed by atoms with van der Waals surface area (Å²) < 4.78 is 25.9. The van der Waals surface area contributed by atoms with Crippen molar-refractivity contribution in [3.05, 3.63) is 59.7 Å². The first-order valence-electron chi connectivity index (χ1n) is 7.01. The van der Waals surface area contributed by atoms with Crippen molar-refractivity contribution in [1.82, 2.24) is 0 Å². The maximum absolute atomic E-state index is 13.0. The second kappa shape index (κ2) is 7.45. The molecule has 0 bridgehead atoms. The fraction of sp³-hybridized carbons (Fsp3) is 0.118. The van der Waals surface area contributed by atoms with Crippen molar-refractivity contribution in [2.75, 3.05) is 10.6 Å². The highest BCUT2D eigenvalue weighted by molar-refractivity contribution is 6.08. The van der Waals surface area contributed by atoms with Gasteiger partial charge in [-0.3, -0.25) is 14.4 Å². The first-order valence-corrected chi connectivity index (χ1v) is 7.01. The molecule has 0 aliphatic rings. The minimum Gasteiger partial charge on any atom is -0.326 e. The van der Waals surface area contributed by atoms with Crippen LogP contribution in [0.25, 0.3) is 0 Å². The van der Waals surface area contributed by atoms with Gasteiger partial charge >= 0.3 is 0 Å². The number of halogens is 2. The largest absolute Gasteiger partial charge is 0.326 e. The quantitative estimate of drug-likeness (QED) is 0.652. The third-order valence-electron chi connectivity index (χ3n) is 3.08. The Kier molecular flexibility index (Phi) is 5.36. The van der Waals surface area contributed by atoms with Gasteiger partial charge in [0.1, 0.15) is 6.42 Å². The van der Waals surface area contributed by atoms with Crippen molar-refractivity contribution in [2.24, 2.45) is 0 Å². The number of benzene rings is 2. The minimum atomic E-state index is -1.10. The van der Waals surface area contributed by atoms with Crippen LogP contribution in [0.3, 0.4) is 0 Å². The monoisotopic (exact) mass is 332 g/mol. The van der Waals surface area contributed by atoms with E-state index < -0.39 is 29.9 Å². The standard InChI is InChI=1S/C17H14F2N2O3/c1-10(22)11-3-2-4-12(7-11)20-16(23)9-17(24)21-13-5-6-14(18)15(19)8-13/h2-8H,9H2,1H3,(H,20,23)(H,21,24). The van der Waals surface area contributed by atoms with E-state index in [2.05, 4.69) is 10.6 Å². The van der Waals surface area contributed by atoms with E-state index in [0.717, 1.165) is 12.1 Å². The van der Waals surface area contributed by atoms with E-state index >= 15 is 0 Å². The summed E-state index contributed by atoms with van der Waals surface area (Å²) in [6.07, 6.45) is -0.511. The molecule has 0 atom stereocenters. The van der Waals surface area contributed by atoms with Crippen molar-refractivity contribution in [3.8, 4) is 0 Å². The number of carbonyl (C=O) groups is 3. The molecular formula is C17H14F2N2O3. The van der Waals surface area contributed by atoms with Gasteiger partial charge in [-0.15, -0.1) is 0 Å². The van der Waals surface area contributed by atoms with Gasteiger partial charge in [0.2, 0.25) is 11.8 Å². The summed E-state index contributed by atoms with van der Waals surface area (Å²) in [6.45, 7) is 1.40. The van der Waals surface area contributed by atoms with Crippen molar-refractivity contribution >= 4 is 29.0 Å². The van der Waals surface area contributed by atoms with Crippen LogP contribution in [0, 0.1) is 11.6 Å². The number of anilines is 2. The van der Waals surface area contributed by atoms with E-state index in [1.54, 1.807) is 18.2 Å². The van der Waals surface area contributed by atoms with Crippen molar-refractivity contribution in [2.45, 2.75) is 13.3 Å². The molecule has 2 rings (SSSR count). The normalized spacial score (nSPS) is 10.1. The zero-order valence-electron chi connectivity index (χ0n) is 12.7. The number of rotatable bonds is 5. The Morgan fingerprint density at radius 3 is 2.08 bits per heavy atom. The van der Waals surface area contributed by atoms with Crippen LogP contribution in [0.5, 0.6) is 0 Å². The lowest BCUT2D eigenvalue weighted by Gasteiger charge is -2.08. The highest BCUT2D eigenvalue weighted by Gasteiger charge is 2.12. The number of carbonyl (C=O) groups excluding carboxylic acids is 3. The summed E-state index contributed by atoms with van der Waals surface area (Å²) >= 11 is 0. The van der Waals surface area contributed by atoms with E-state index in [1.165, 1.54) is 19.1 Å². The van der Waals surface area contributed by atoms with Gasteiger partial charge in [0, 0.05) is 23.0 Å². The fourth-order valence-electron chi connectivity index (χ4n) is 1.95. The lowest BCUT2D eigenvalue weighted by Crippen LogP contribution is -2.21. The van der Waals surface area contributed by atoms with Crippen molar-refractivity contribution < 1.29 is 23.2 Å². The van der Waals surface area contributed by atoms with Crippen LogP contribution in [0.15, 0.2) is 42.5 Å². The second-order valence-corrected chi connectivity index (χ2v) is 5.04. The van der Waals surface area contributed by atoms with Crippen LogP contribution in [-0.2, 0) is 9.59 Å². The number of nitrogens with one attached hydrogen (secondary N) is 2. The van der Waals surface area contributed by atoms with Gasteiger partial charge < -0.3 is 10.6 Å². The van der Waals surface area contributed by atoms with Crippen LogP contribution in [0.1, 0.15) is 23.7 Å². The molecule has 0 saturated heterocycles. The molecule has 2 amide bonds. The van der Waals surface area contributed by atoms with E-state index in [0.29, 0.717) is 11.3 Å². The van der Waals surface area contributed by atoms with Gasteiger partial charge in [-0.2, -0.15) is 0 Å². The summed E-state index contributed by atoms with van der Waals surface area (Å²) in [6, 6.07) is 9.16. The minimum absolute atomic E-state index is 0.0466. The van der Waals surface area contributed by atoms with E-state index in [-0.39, 0.29) is 11.5 Å². The lowest BCUT2D eigenvalue weighted by molar-refractivity contribution is -0.123. The Balaban J connectivity index is 1.94. The molecule has 0 aromatic heterocycles. The Bertz CT molecular complexity index is 806. The highest BCUT2D eigenvalue weighted by atomic mass is 19.2. The Labute approximate surface area is 136 Å². The molecule has 0 fully saturated rings. The maximum Gasteiger partial charge on any atom is 0.233 e. The molecule has 2 aromatic rings. The Morgan fingerprint density at radius 2 is 1.50 bits per heavy atom. The third kappa shape index (κ3) is 4.70. The summed E-state index contributed by atoms with van der Waals surface area (Å²) in [5.74, 6) is -3.56. The number of ketones is 1. The molecule has 0 unspecified atom stereocenters. The van der Waals surface area contributed by atoms with Gasteiger partial charge in [0.25, 0.3) is 0 Å². The van der Waals surface area contributed by atoms with Gasteiger partial charge in [-0.1, -0.05) is 12.1 Å². The average Bonchev–Trinajstić information content (AvgIpc) is 2.51. The summed E-state index contributed by atoms with van der Waals surface area (Å²) in [5.41, 5.74) is 0.859. The molecule has 24 heavy (non-hydrogen) atoms. The second-order valence-electron chi connectivity index (χ2n) is 5.04. The molecular weight excluding hydrogens is 318 g/mol. The first-order chi connectivity index (χ1) is 11.3. The summed E-state index contributed by atoms with van der Waals surface area (Å²) in [4.78, 5) is 34.8. The van der Waals surface area contributed by atoms with Gasteiger partial charge in [0.05, 0.1) is 0 Å². The van der Waals surface area contributed by atoms with Crippen LogP contribution in [0.2, 0.25) is 0 Å². The van der Waals surface area contributed by atoms with Crippen LogP contribution in [-0.4, -0.2) is 17.6 Å². The lowest BCUT2D eigenvalue weighted by atomic mass is 10.1. The molecule has 5 nitrogen and oxygen atoms in total. The summed E-state index contributed by atoms with van der Waals surface area (Å²) in [5, 5.41) is 4.78. The number of hydrogen-bond acceptors (Lipinski definition) is 3. The number of hydrogen-bond donors (Lipinski definition) is 2. The molecule has 0 saturated carbocycles. The zero-order chi connectivity index (χ0) is 17.7. The zero-order valence-corrected chi connectivity index (χ0v) is 12.7. The van der Waals surface area contributed by atoms with E-state index in [1.807, 2.05) is 0 Å². The van der Waals surface area contributed by atoms with E-state index in [4.69, 9.17) is 0 Å². The fourth-order valence-corrected chi connectivity index (χ4v) is 1.95. The molecule has 0 spiro atoms. The Morgan fingerprint density at radius 1 is 0.875 bits per heavy atom. The predicted molar refractivity (Wildman–Crippen MR) is 84.7 cm³/mol. The predicted octanol–water partition coefficient (Wildman–Crippen LogP) is 3.13. The topological polar surface area (TPSA) is 75.3 Å². The third-order valence-corrected chi connectivity index (χ3v) is 3.08. The molecule has 0 radical (unpaired) electrons. The maximum atomic E-state index is 13.0. The molecule has 0 aliphatic heterocycles. The average molecular weight is 332 g/mol. The van der Waals surface area contributed by atoms with Crippen molar-refractivity contribution in [1.29, 1.82) is 0 Å². The molecule has 7 heteroatoms. The van der Waals surface area contributed by atoms with Crippen LogP contribution in [0.4, 0.5) is 20.2 Å². The first kappa shape index (κ1) is 17.3. The van der Waals surface area contributed by atoms with Gasteiger partial charge in [-0.05, 0) is 31.2 Å². The van der Waals surface area contributed by atoms with Gasteiger partial charge in [0.15, 0.2) is 17.4 Å². The summed E-state index contributed by atoms with van der Waals surface area (Å²) in [7, 11) is 0. The van der Waals surface area contributed by atoms with Crippen LogP contribution >= 0.6 is 0 Å². The number of Topliss-reactive ketones (excluding diaryl/α,β-unsaturated/α-hetero) is 1. The van der Waals surface area contributed by atoms with Gasteiger partial charge in [-0.25, -0.2) is 8.78 Å². The van der Waals surface area contributed by atoms with Crippen molar-refractivity contribution in [3.63, 3.8) is 0 Å². The van der Waals surface area contributed by atoms with Crippen LogP contribution < -0.4 is 10.6 Å². The SMILES string of the molecule is CC(=O)c1cccc(NC(=O)CC(=O)Nc2ccc(F)c(F)c2)c1. The highest BCUT2D eigenvalue weighted by Crippen LogP contribution is 2.14. The Hall–Kier alpha value is -3.09. The molecule has 0 aliphatic carbocycles. The molecule has 2 N–H and O–H groups in total. The number of amides is 2.